The van der Waals surface area contributed by atoms with E-state index >= 15 is 0 Å². The third-order valence-electron chi connectivity index (χ3n) is 4.74. The number of nitrogens with zero attached hydrogens (tertiary/aromatic N) is 1. The highest BCUT2D eigenvalue weighted by atomic mass is 16.5. The fourth-order valence-corrected chi connectivity index (χ4v) is 3.65. The molecule has 0 bridgehead atoms. The van der Waals surface area contributed by atoms with Crippen molar-refractivity contribution in [3.05, 3.63) is 24.0 Å². The van der Waals surface area contributed by atoms with Gasteiger partial charge in [0, 0.05) is 25.9 Å². The molecule has 0 spiro atoms. The SMILES string of the molecule is CCOC1C(N)CC(c2ccncc2NC)C[C@@H]1C(C)C. The van der Waals surface area contributed by atoms with E-state index < -0.39 is 0 Å². The van der Waals surface area contributed by atoms with Crippen LogP contribution in [0.3, 0.4) is 0 Å². The van der Waals surface area contributed by atoms with Crippen molar-refractivity contribution in [2.24, 2.45) is 17.6 Å². The van der Waals surface area contributed by atoms with E-state index in [-0.39, 0.29) is 12.1 Å². The molecule has 1 saturated carbocycles. The molecule has 1 aromatic rings. The number of hydrogen-bond acceptors (Lipinski definition) is 4. The molecule has 1 aliphatic rings. The molecular weight excluding hydrogens is 262 g/mol. The summed E-state index contributed by atoms with van der Waals surface area (Å²) in [6.45, 7) is 7.34. The molecule has 0 aromatic carbocycles. The second kappa shape index (κ2) is 7.23. The van der Waals surface area contributed by atoms with E-state index in [1.54, 1.807) is 0 Å². The monoisotopic (exact) mass is 291 g/mol. The van der Waals surface area contributed by atoms with E-state index in [4.69, 9.17) is 10.5 Å². The molecule has 0 amide bonds. The summed E-state index contributed by atoms with van der Waals surface area (Å²) in [6.07, 6.45) is 6.08. The molecule has 118 valence electrons. The first-order valence-electron chi connectivity index (χ1n) is 8.07. The summed E-state index contributed by atoms with van der Waals surface area (Å²) in [4.78, 5) is 4.21. The van der Waals surface area contributed by atoms with Gasteiger partial charge in [-0.15, -0.1) is 0 Å². The van der Waals surface area contributed by atoms with Crippen molar-refractivity contribution in [2.75, 3.05) is 19.0 Å². The van der Waals surface area contributed by atoms with Crippen LogP contribution < -0.4 is 11.1 Å². The van der Waals surface area contributed by atoms with Crippen LogP contribution in [0.25, 0.3) is 0 Å². The Labute approximate surface area is 128 Å². The van der Waals surface area contributed by atoms with Crippen LogP contribution in [0, 0.1) is 11.8 Å². The number of anilines is 1. The van der Waals surface area contributed by atoms with Crippen molar-refractivity contribution in [1.82, 2.24) is 4.98 Å². The largest absolute Gasteiger partial charge is 0.387 e. The molecule has 4 atom stereocenters. The molecule has 1 aliphatic carbocycles. The number of hydrogen-bond donors (Lipinski definition) is 2. The molecule has 4 nitrogen and oxygen atoms in total. The molecule has 21 heavy (non-hydrogen) atoms. The highest BCUT2D eigenvalue weighted by Crippen LogP contribution is 2.42. The zero-order valence-electron chi connectivity index (χ0n) is 13.7. The Morgan fingerprint density at radius 2 is 2.19 bits per heavy atom. The molecule has 1 aromatic heterocycles. The van der Waals surface area contributed by atoms with Gasteiger partial charge in [-0.1, -0.05) is 13.8 Å². The predicted molar refractivity (Wildman–Crippen MR) is 87.5 cm³/mol. The van der Waals surface area contributed by atoms with Crippen LogP contribution in [0.1, 0.15) is 45.1 Å². The zero-order valence-corrected chi connectivity index (χ0v) is 13.7. The number of nitrogens with two attached hydrogens (primary N) is 1. The highest BCUT2D eigenvalue weighted by Gasteiger charge is 2.39. The van der Waals surface area contributed by atoms with Crippen LogP contribution in [-0.2, 0) is 4.74 Å². The van der Waals surface area contributed by atoms with Gasteiger partial charge in [0.25, 0.3) is 0 Å². The molecule has 2 rings (SSSR count). The first kappa shape index (κ1) is 16.2. The Kier molecular flexibility index (Phi) is 5.59. The number of pyridine rings is 1. The topological polar surface area (TPSA) is 60.2 Å². The van der Waals surface area contributed by atoms with Gasteiger partial charge in [-0.2, -0.15) is 0 Å². The third kappa shape index (κ3) is 3.55. The minimum Gasteiger partial charge on any atom is -0.387 e. The zero-order chi connectivity index (χ0) is 15.4. The number of aromatic nitrogens is 1. The number of rotatable bonds is 5. The smallest absolute Gasteiger partial charge is 0.0756 e. The minimum absolute atomic E-state index is 0.106. The standard InChI is InChI=1S/C17H29N3O/c1-5-21-17-14(11(2)3)8-12(9-15(17)18)13-6-7-20-10-16(13)19-4/h6-7,10-12,14-15,17,19H,5,8-9,18H2,1-4H3/t12?,14-,15?,17?/m1/s1. The summed E-state index contributed by atoms with van der Waals surface area (Å²) in [7, 11) is 1.95. The summed E-state index contributed by atoms with van der Waals surface area (Å²) in [5, 5.41) is 3.25. The lowest BCUT2D eigenvalue weighted by molar-refractivity contribution is -0.0372. The molecule has 0 aliphatic heterocycles. The summed E-state index contributed by atoms with van der Waals surface area (Å²) in [5.74, 6) is 1.57. The van der Waals surface area contributed by atoms with Gasteiger partial charge >= 0.3 is 0 Å². The average molecular weight is 291 g/mol. The van der Waals surface area contributed by atoms with E-state index in [2.05, 4.69) is 37.1 Å². The Morgan fingerprint density at radius 1 is 1.43 bits per heavy atom. The predicted octanol–water partition coefficient (Wildman–Crippen LogP) is 3.01. The van der Waals surface area contributed by atoms with Gasteiger partial charge in [0.2, 0.25) is 0 Å². The second-order valence-corrected chi connectivity index (χ2v) is 6.37. The quantitative estimate of drug-likeness (QED) is 0.875. The van der Waals surface area contributed by atoms with Gasteiger partial charge in [0.15, 0.2) is 0 Å². The fraction of sp³-hybridized carbons (Fsp3) is 0.706. The molecule has 1 heterocycles. The fourth-order valence-electron chi connectivity index (χ4n) is 3.65. The Balaban J connectivity index is 2.24. The maximum atomic E-state index is 6.45. The van der Waals surface area contributed by atoms with E-state index in [0.717, 1.165) is 25.1 Å². The van der Waals surface area contributed by atoms with Gasteiger partial charge in [0.1, 0.15) is 0 Å². The molecular formula is C17H29N3O. The van der Waals surface area contributed by atoms with Crippen LogP contribution >= 0.6 is 0 Å². The van der Waals surface area contributed by atoms with Crippen molar-refractivity contribution in [3.8, 4) is 0 Å². The van der Waals surface area contributed by atoms with E-state index in [1.165, 1.54) is 5.56 Å². The lowest BCUT2D eigenvalue weighted by Gasteiger charge is -2.42. The molecule has 3 N–H and O–H groups in total. The van der Waals surface area contributed by atoms with Gasteiger partial charge in [-0.05, 0) is 49.1 Å². The molecule has 4 heteroatoms. The summed E-state index contributed by atoms with van der Waals surface area (Å²) in [6, 6.07) is 2.23. The van der Waals surface area contributed by atoms with Gasteiger partial charge < -0.3 is 15.8 Å². The number of ether oxygens (including phenoxy) is 1. The van der Waals surface area contributed by atoms with Crippen LogP contribution in [0.15, 0.2) is 18.5 Å². The maximum absolute atomic E-state index is 6.45. The Bertz CT molecular complexity index is 449. The summed E-state index contributed by atoms with van der Waals surface area (Å²) < 4.78 is 5.96. The molecule has 0 radical (unpaired) electrons. The Hall–Kier alpha value is -1.13. The van der Waals surface area contributed by atoms with Crippen molar-refractivity contribution in [3.63, 3.8) is 0 Å². The average Bonchev–Trinajstić information content (AvgIpc) is 2.48. The van der Waals surface area contributed by atoms with Crippen LogP contribution in [0.5, 0.6) is 0 Å². The van der Waals surface area contributed by atoms with Gasteiger partial charge in [-0.3, -0.25) is 4.98 Å². The molecule has 0 saturated heterocycles. The Morgan fingerprint density at radius 3 is 2.81 bits per heavy atom. The first-order chi connectivity index (χ1) is 10.1. The van der Waals surface area contributed by atoms with Crippen LogP contribution in [0.4, 0.5) is 5.69 Å². The molecule has 3 unspecified atom stereocenters. The second-order valence-electron chi connectivity index (χ2n) is 6.37. The maximum Gasteiger partial charge on any atom is 0.0756 e. The van der Waals surface area contributed by atoms with Crippen molar-refractivity contribution < 1.29 is 4.74 Å². The minimum atomic E-state index is 0.106. The van der Waals surface area contributed by atoms with Crippen LogP contribution in [0.2, 0.25) is 0 Å². The lowest BCUT2D eigenvalue weighted by atomic mass is 9.70. The molecule has 1 fully saturated rings. The van der Waals surface area contributed by atoms with Crippen molar-refractivity contribution in [2.45, 2.75) is 51.7 Å². The normalized spacial score (nSPS) is 29.6. The van der Waals surface area contributed by atoms with Crippen molar-refractivity contribution in [1.29, 1.82) is 0 Å². The first-order valence-corrected chi connectivity index (χ1v) is 8.07. The third-order valence-corrected chi connectivity index (χ3v) is 4.74. The summed E-state index contributed by atoms with van der Waals surface area (Å²) in [5.41, 5.74) is 8.91. The van der Waals surface area contributed by atoms with E-state index in [9.17, 15) is 0 Å². The lowest BCUT2D eigenvalue weighted by Crippen LogP contribution is -2.49. The summed E-state index contributed by atoms with van der Waals surface area (Å²) >= 11 is 0. The highest BCUT2D eigenvalue weighted by molar-refractivity contribution is 5.50. The van der Waals surface area contributed by atoms with Gasteiger partial charge in [-0.25, -0.2) is 0 Å². The van der Waals surface area contributed by atoms with Gasteiger partial charge in [0.05, 0.1) is 18.0 Å². The van der Waals surface area contributed by atoms with Crippen LogP contribution in [-0.4, -0.2) is 30.8 Å². The number of nitrogens with one attached hydrogen (secondary N) is 1. The van der Waals surface area contributed by atoms with Crippen molar-refractivity contribution >= 4 is 5.69 Å². The van der Waals surface area contributed by atoms with E-state index in [0.29, 0.717) is 17.8 Å². The van der Waals surface area contributed by atoms with E-state index in [1.807, 2.05) is 19.4 Å².